The van der Waals surface area contributed by atoms with Crippen LogP contribution in [0.1, 0.15) is 37.2 Å². The van der Waals surface area contributed by atoms with E-state index in [2.05, 4.69) is 9.72 Å². The van der Waals surface area contributed by atoms with Crippen LogP contribution in [0, 0.1) is 0 Å². The number of likely N-dealkylation sites (tertiary alicyclic amines) is 1. The summed E-state index contributed by atoms with van der Waals surface area (Å²) in [5, 5.41) is 0. The lowest BCUT2D eigenvalue weighted by atomic mass is 10.1. The van der Waals surface area contributed by atoms with Gasteiger partial charge in [-0.25, -0.2) is 14.6 Å². The second kappa shape index (κ2) is 5.59. The Kier molecular flexibility index (Phi) is 4.02. The molecule has 7 nitrogen and oxygen atoms in total. The molecular weight excluding hydrogens is 276 g/mol. The Hall–Kier alpha value is -2.31. The second-order valence-corrected chi connectivity index (χ2v) is 5.71. The molecule has 1 saturated heterocycles. The van der Waals surface area contributed by atoms with Crippen molar-refractivity contribution in [3.63, 3.8) is 0 Å². The van der Waals surface area contributed by atoms with Gasteiger partial charge in [0.25, 0.3) is 0 Å². The number of ether oxygens (including phenoxy) is 2. The fraction of sp³-hybridized carbons (Fsp3) is 0.500. The zero-order valence-electron chi connectivity index (χ0n) is 12.5. The molecule has 1 aliphatic rings. The van der Waals surface area contributed by atoms with Crippen molar-refractivity contribution in [1.82, 2.24) is 9.88 Å². The molecule has 0 N–H and O–H groups in total. The van der Waals surface area contributed by atoms with Gasteiger partial charge in [-0.1, -0.05) is 0 Å². The standard InChI is InChI=1S/C14H18N2O5/c1-14(2,3)21-13(18)16-6-9(7-16)5-10-8-20-11(15-10)12(17)19-4/h5,8H,6-7H2,1-4H3. The second-order valence-electron chi connectivity index (χ2n) is 5.71. The maximum atomic E-state index is 11.8. The fourth-order valence-electron chi connectivity index (χ4n) is 1.73. The predicted octanol–water partition coefficient (Wildman–Crippen LogP) is 2.10. The third kappa shape index (κ3) is 3.84. The van der Waals surface area contributed by atoms with Crippen LogP contribution >= 0.6 is 0 Å². The summed E-state index contributed by atoms with van der Waals surface area (Å²) in [5.74, 6) is -0.712. The number of amides is 1. The van der Waals surface area contributed by atoms with Gasteiger partial charge in [0.05, 0.1) is 7.11 Å². The van der Waals surface area contributed by atoms with Crippen molar-refractivity contribution < 1.29 is 23.5 Å². The van der Waals surface area contributed by atoms with Crippen LogP contribution in [0.25, 0.3) is 6.08 Å². The Labute approximate surface area is 122 Å². The van der Waals surface area contributed by atoms with Gasteiger partial charge in [0.1, 0.15) is 17.6 Å². The molecule has 0 spiro atoms. The summed E-state index contributed by atoms with van der Waals surface area (Å²) < 4.78 is 14.8. The molecule has 1 aromatic rings. The number of aromatic nitrogens is 1. The van der Waals surface area contributed by atoms with Crippen molar-refractivity contribution in [1.29, 1.82) is 0 Å². The monoisotopic (exact) mass is 294 g/mol. The molecule has 7 heteroatoms. The average Bonchev–Trinajstić information content (AvgIpc) is 2.78. The van der Waals surface area contributed by atoms with E-state index in [-0.39, 0.29) is 12.0 Å². The molecule has 0 aromatic carbocycles. The van der Waals surface area contributed by atoms with Crippen molar-refractivity contribution in [3.8, 4) is 0 Å². The molecule has 2 rings (SSSR count). The maximum Gasteiger partial charge on any atom is 0.410 e. The Morgan fingerprint density at radius 3 is 2.62 bits per heavy atom. The first-order chi connectivity index (χ1) is 9.78. The number of carbonyl (C=O) groups is 2. The van der Waals surface area contributed by atoms with E-state index < -0.39 is 11.6 Å². The Morgan fingerprint density at radius 2 is 2.05 bits per heavy atom. The van der Waals surface area contributed by atoms with Crippen LogP contribution in [0.4, 0.5) is 4.79 Å². The molecule has 1 aromatic heterocycles. The topological polar surface area (TPSA) is 81.9 Å². The van der Waals surface area contributed by atoms with E-state index in [0.717, 1.165) is 5.57 Å². The van der Waals surface area contributed by atoms with Crippen LogP contribution in [0.5, 0.6) is 0 Å². The minimum atomic E-state index is -0.622. The third-order valence-corrected chi connectivity index (χ3v) is 2.67. The number of esters is 1. The van der Waals surface area contributed by atoms with Crippen LogP contribution in [0.15, 0.2) is 16.3 Å². The normalized spacial score (nSPS) is 14.5. The van der Waals surface area contributed by atoms with Crippen molar-refractivity contribution in [2.75, 3.05) is 20.2 Å². The summed E-state index contributed by atoms with van der Waals surface area (Å²) in [4.78, 5) is 28.5. The van der Waals surface area contributed by atoms with Crippen LogP contribution in [-0.4, -0.2) is 47.7 Å². The zero-order valence-corrected chi connectivity index (χ0v) is 12.5. The molecule has 0 unspecified atom stereocenters. The molecule has 0 aliphatic carbocycles. The lowest BCUT2D eigenvalue weighted by Gasteiger charge is -2.35. The number of hydrogen-bond acceptors (Lipinski definition) is 6. The van der Waals surface area contributed by atoms with E-state index >= 15 is 0 Å². The van der Waals surface area contributed by atoms with Crippen molar-refractivity contribution in [3.05, 3.63) is 23.4 Å². The molecular formula is C14H18N2O5. The highest BCUT2D eigenvalue weighted by Crippen LogP contribution is 2.21. The molecule has 1 amide bonds. The lowest BCUT2D eigenvalue weighted by Crippen LogP contribution is -2.46. The number of oxazole rings is 1. The van der Waals surface area contributed by atoms with Gasteiger partial charge >= 0.3 is 18.0 Å². The summed E-state index contributed by atoms with van der Waals surface area (Å²) >= 11 is 0. The number of methoxy groups -OCH3 is 1. The number of nitrogens with zero attached hydrogens (tertiary/aromatic N) is 2. The van der Waals surface area contributed by atoms with E-state index in [1.54, 1.807) is 11.0 Å². The third-order valence-electron chi connectivity index (χ3n) is 2.67. The Balaban J connectivity index is 1.90. The number of carbonyl (C=O) groups excluding carboxylic acids is 2. The van der Waals surface area contributed by atoms with Gasteiger partial charge in [-0.3, -0.25) is 0 Å². The molecule has 114 valence electrons. The molecule has 21 heavy (non-hydrogen) atoms. The highest BCUT2D eigenvalue weighted by atomic mass is 16.6. The number of rotatable bonds is 2. The molecule has 0 bridgehead atoms. The summed E-state index contributed by atoms with van der Waals surface area (Å²) in [6.07, 6.45) is 2.81. The van der Waals surface area contributed by atoms with Gasteiger partial charge in [0.15, 0.2) is 0 Å². The van der Waals surface area contributed by atoms with Crippen molar-refractivity contribution in [2.24, 2.45) is 0 Å². The zero-order chi connectivity index (χ0) is 15.6. The van der Waals surface area contributed by atoms with Crippen LogP contribution in [0.2, 0.25) is 0 Å². The van der Waals surface area contributed by atoms with Gasteiger partial charge in [0.2, 0.25) is 0 Å². The van der Waals surface area contributed by atoms with Crippen molar-refractivity contribution >= 4 is 18.1 Å². The fourth-order valence-corrected chi connectivity index (χ4v) is 1.73. The van der Waals surface area contributed by atoms with Crippen LogP contribution in [-0.2, 0) is 9.47 Å². The maximum absolute atomic E-state index is 11.8. The van der Waals surface area contributed by atoms with Crippen LogP contribution < -0.4 is 0 Å². The minimum Gasteiger partial charge on any atom is -0.462 e. The molecule has 0 atom stereocenters. The van der Waals surface area contributed by atoms with Crippen molar-refractivity contribution in [2.45, 2.75) is 26.4 Å². The predicted molar refractivity (Wildman–Crippen MR) is 73.6 cm³/mol. The molecule has 1 aliphatic heterocycles. The highest BCUT2D eigenvalue weighted by molar-refractivity contribution is 5.84. The van der Waals surface area contributed by atoms with Gasteiger partial charge < -0.3 is 18.8 Å². The summed E-state index contributed by atoms with van der Waals surface area (Å²) in [7, 11) is 1.26. The van der Waals surface area contributed by atoms with Gasteiger partial charge in [-0.05, 0) is 32.4 Å². The summed E-state index contributed by atoms with van der Waals surface area (Å²) in [6.45, 7) is 6.44. The molecule has 1 fully saturated rings. The molecule has 0 radical (unpaired) electrons. The molecule has 2 heterocycles. The lowest BCUT2D eigenvalue weighted by molar-refractivity contribution is 0.0216. The first-order valence-electron chi connectivity index (χ1n) is 6.50. The average molecular weight is 294 g/mol. The molecule has 0 saturated carbocycles. The summed E-state index contributed by atoms with van der Waals surface area (Å²) in [6, 6.07) is 0. The largest absolute Gasteiger partial charge is 0.462 e. The number of hydrogen-bond donors (Lipinski definition) is 0. The van der Waals surface area contributed by atoms with E-state index in [0.29, 0.717) is 18.8 Å². The van der Waals surface area contributed by atoms with E-state index in [1.165, 1.54) is 13.4 Å². The quantitative estimate of drug-likeness (QED) is 0.777. The van der Waals surface area contributed by atoms with Crippen LogP contribution in [0.3, 0.4) is 0 Å². The van der Waals surface area contributed by atoms with E-state index in [1.807, 2.05) is 20.8 Å². The van der Waals surface area contributed by atoms with Gasteiger partial charge in [0, 0.05) is 13.1 Å². The SMILES string of the molecule is COC(=O)c1nc(C=C2CN(C(=O)OC(C)(C)C)C2)co1. The summed E-state index contributed by atoms with van der Waals surface area (Å²) in [5.41, 5.74) is 1.03. The highest BCUT2D eigenvalue weighted by Gasteiger charge is 2.29. The van der Waals surface area contributed by atoms with Gasteiger partial charge in [-0.15, -0.1) is 0 Å². The Bertz CT molecular complexity index is 574. The first-order valence-corrected chi connectivity index (χ1v) is 6.50. The minimum absolute atomic E-state index is 0.0901. The Morgan fingerprint density at radius 1 is 1.38 bits per heavy atom. The smallest absolute Gasteiger partial charge is 0.410 e. The first kappa shape index (κ1) is 15.1. The van der Waals surface area contributed by atoms with Gasteiger partial charge in [-0.2, -0.15) is 0 Å². The van der Waals surface area contributed by atoms with E-state index in [9.17, 15) is 9.59 Å². The van der Waals surface area contributed by atoms with E-state index in [4.69, 9.17) is 9.15 Å².